The molecule has 0 N–H and O–H groups in total. The molecule has 1 aromatic heterocycles. The van der Waals surface area contributed by atoms with Crippen molar-refractivity contribution >= 4 is 0 Å². The minimum atomic E-state index is 0. The Hall–Kier alpha value is 0.254. The van der Waals surface area contributed by atoms with Crippen molar-refractivity contribution in [3.8, 4) is 0 Å². The van der Waals surface area contributed by atoms with Gasteiger partial charge < -0.3 is 11.5 Å². The molecule has 1 aromatic rings. The van der Waals surface area contributed by atoms with Crippen LogP contribution in [0.15, 0.2) is 24.4 Å². The first-order valence-corrected chi connectivity index (χ1v) is 3.90. The number of nitrogens with zero attached hydrogens (tertiary/aromatic N) is 1. The predicted molar refractivity (Wildman–Crippen MR) is 44.4 cm³/mol. The first-order chi connectivity index (χ1) is 5.43. The zero-order valence-corrected chi connectivity index (χ0v) is 10.1. The van der Waals surface area contributed by atoms with Crippen molar-refractivity contribution in [3.05, 3.63) is 43.9 Å². The van der Waals surface area contributed by atoms with Gasteiger partial charge >= 0.3 is 32.7 Å². The average Bonchev–Trinajstić information content (AvgIpc) is 2.07. The Kier molecular flexibility index (Phi) is 8.05. The standard InChI is InChI=1S/C10H13N.Y/c1-2-3-5-8-11-9-6-4-7-10-11;/h4-7,9H,1-3,8H2;/q-2;+3. The number of unbranched alkanes of at least 4 members (excludes halogenated alkanes) is 2. The summed E-state index contributed by atoms with van der Waals surface area (Å²) in [6.45, 7) is 4.71. The van der Waals surface area contributed by atoms with Gasteiger partial charge in [0.05, 0.1) is 6.20 Å². The molecule has 0 unspecified atom stereocenters. The van der Waals surface area contributed by atoms with Crippen LogP contribution < -0.4 is 4.57 Å². The van der Waals surface area contributed by atoms with Crippen molar-refractivity contribution in [2.75, 3.05) is 0 Å². The SMILES string of the molecule is [CH2-]CC[CH-]C[n+]1[c-]cccc1.[Y+3]. The third-order valence-electron chi connectivity index (χ3n) is 1.45. The van der Waals surface area contributed by atoms with Gasteiger partial charge in [-0.3, -0.25) is 6.42 Å². The van der Waals surface area contributed by atoms with Gasteiger partial charge in [-0.15, -0.1) is 12.1 Å². The molecule has 0 spiro atoms. The van der Waals surface area contributed by atoms with Crippen LogP contribution in [0.1, 0.15) is 12.8 Å². The monoisotopic (exact) mass is 236 g/mol. The molecule has 2 heteroatoms. The smallest absolute Gasteiger partial charge is 0.346 e. The minimum absolute atomic E-state index is 0. The molecule has 1 nitrogen and oxygen atoms in total. The zero-order valence-electron chi connectivity index (χ0n) is 7.24. The minimum Gasteiger partial charge on any atom is -0.346 e. The summed E-state index contributed by atoms with van der Waals surface area (Å²) >= 11 is 0. The van der Waals surface area contributed by atoms with Gasteiger partial charge in [0.25, 0.3) is 0 Å². The van der Waals surface area contributed by atoms with Gasteiger partial charge in [-0.2, -0.15) is 6.07 Å². The molecule has 1 heterocycles. The van der Waals surface area contributed by atoms with E-state index in [1.165, 1.54) is 0 Å². The van der Waals surface area contributed by atoms with Crippen LogP contribution in [0.25, 0.3) is 0 Å². The molecular formula is C10H13NY+. The van der Waals surface area contributed by atoms with Crippen molar-refractivity contribution in [1.82, 2.24) is 0 Å². The summed E-state index contributed by atoms with van der Waals surface area (Å²) in [6.07, 6.45) is 9.38. The van der Waals surface area contributed by atoms with Crippen LogP contribution in [0, 0.1) is 19.5 Å². The maximum absolute atomic E-state index is 3.77. The van der Waals surface area contributed by atoms with E-state index in [9.17, 15) is 0 Å². The molecule has 0 fully saturated rings. The van der Waals surface area contributed by atoms with Crippen molar-refractivity contribution in [2.24, 2.45) is 0 Å². The Morgan fingerprint density at radius 1 is 1.42 bits per heavy atom. The number of aromatic nitrogens is 1. The maximum atomic E-state index is 3.77. The third kappa shape index (κ3) is 5.00. The van der Waals surface area contributed by atoms with Crippen LogP contribution in [0.5, 0.6) is 0 Å². The largest absolute Gasteiger partial charge is 3.00 e. The molecule has 1 rings (SSSR count). The van der Waals surface area contributed by atoms with E-state index in [0.29, 0.717) is 0 Å². The molecular weight excluding hydrogens is 223 g/mol. The second-order valence-electron chi connectivity index (χ2n) is 2.41. The molecule has 0 bridgehead atoms. The summed E-state index contributed by atoms with van der Waals surface area (Å²) in [4.78, 5) is 0. The summed E-state index contributed by atoms with van der Waals surface area (Å²) in [6, 6.07) is 5.89. The molecule has 0 aromatic carbocycles. The molecule has 0 amide bonds. The molecule has 0 saturated carbocycles. The van der Waals surface area contributed by atoms with Crippen molar-refractivity contribution in [3.63, 3.8) is 0 Å². The second kappa shape index (κ2) is 7.88. The first kappa shape index (κ1) is 12.3. The molecule has 0 radical (unpaired) electrons. The molecule has 0 aliphatic rings. The fourth-order valence-corrected chi connectivity index (χ4v) is 0.879. The van der Waals surface area contributed by atoms with Crippen LogP contribution in [-0.4, -0.2) is 0 Å². The maximum Gasteiger partial charge on any atom is 3.00 e. The van der Waals surface area contributed by atoms with Crippen molar-refractivity contribution in [2.45, 2.75) is 19.4 Å². The number of hydrogen-bond donors (Lipinski definition) is 0. The van der Waals surface area contributed by atoms with Gasteiger partial charge in [0.1, 0.15) is 6.20 Å². The van der Waals surface area contributed by atoms with Gasteiger partial charge in [-0.1, -0.05) is 0 Å². The van der Waals surface area contributed by atoms with Gasteiger partial charge in [-0.05, 0) is 0 Å². The second-order valence-corrected chi connectivity index (χ2v) is 2.41. The van der Waals surface area contributed by atoms with Crippen LogP contribution >= 0.6 is 0 Å². The van der Waals surface area contributed by atoms with Crippen molar-refractivity contribution < 1.29 is 37.3 Å². The molecule has 0 atom stereocenters. The third-order valence-corrected chi connectivity index (χ3v) is 1.45. The first-order valence-electron chi connectivity index (χ1n) is 3.90. The van der Waals surface area contributed by atoms with Gasteiger partial charge in [0.15, 0.2) is 0 Å². The Morgan fingerprint density at radius 3 is 2.83 bits per heavy atom. The Morgan fingerprint density at radius 2 is 2.25 bits per heavy atom. The van der Waals surface area contributed by atoms with Crippen molar-refractivity contribution in [1.29, 1.82) is 0 Å². The Balaban J connectivity index is 0.00000121. The zero-order chi connectivity index (χ0) is 7.94. The van der Waals surface area contributed by atoms with E-state index in [2.05, 4.69) is 19.5 Å². The number of rotatable bonds is 4. The van der Waals surface area contributed by atoms with E-state index in [0.717, 1.165) is 19.4 Å². The summed E-state index contributed by atoms with van der Waals surface area (Å²) in [5.74, 6) is 0. The van der Waals surface area contributed by atoms with E-state index >= 15 is 0 Å². The topological polar surface area (TPSA) is 3.88 Å². The number of hydrogen-bond acceptors (Lipinski definition) is 0. The molecule has 60 valence electrons. The van der Waals surface area contributed by atoms with E-state index in [1.807, 2.05) is 29.0 Å². The number of pyridine rings is 1. The van der Waals surface area contributed by atoms with Gasteiger partial charge in [-0.25, -0.2) is 12.8 Å². The van der Waals surface area contributed by atoms with E-state index in [-0.39, 0.29) is 32.7 Å². The Bertz CT molecular complexity index is 186. The van der Waals surface area contributed by atoms with E-state index in [4.69, 9.17) is 0 Å². The van der Waals surface area contributed by atoms with E-state index in [1.54, 1.807) is 0 Å². The summed E-state index contributed by atoms with van der Waals surface area (Å²) < 4.78 is 2.02. The molecule has 12 heavy (non-hydrogen) atoms. The summed E-state index contributed by atoms with van der Waals surface area (Å²) in [5, 5.41) is 0. The van der Waals surface area contributed by atoms with Crippen LogP contribution in [-0.2, 0) is 39.3 Å². The van der Waals surface area contributed by atoms with Crippen LogP contribution in [0.2, 0.25) is 0 Å². The van der Waals surface area contributed by atoms with Gasteiger partial charge in [0.2, 0.25) is 0 Å². The van der Waals surface area contributed by atoms with Crippen LogP contribution in [0.4, 0.5) is 0 Å². The summed E-state index contributed by atoms with van der Waals surface area (Å²) in [5.41, 5.74) is 0. The van der Waals surface area contributed by atoms with Gasteiger partial charge in [0, 0.05) is 6.54 Å². The van der Waals surface area contributed by atoms with E-state index < -0.39 is 0 Å². The predicted octanol–water partition coefficient (Wildman–Crippen LogP) is 1.59. The average molecular weight is 236 g/mol. The fourth-order valence-electron chi connectivity index (χ4n) is 0.879. The molecule has 0 aliphatic carbocycles. The molecule has 0 aliphatic heterocycles. The quantitative estimate of drug-likeness (QED) is 0.424. The Labute approximate surface area is 100 Å². The fraction of sp³-hybridized carbons (Fsp3) is 0.300. The van der Waals surface area contributed by atoms with Crippen LogP contribution in [0.3, 0.4) is 0 Å². The summed E-state index contributed by atoms with van der Waals surface area (Å²) in [7, 11) is 0. The molecule has 0 saturated heterocycles. The normalized spacial score (nSPS) is 9.08.